The zero-order valence-corrected chi connectivity index (χ0v) is 14.8. The lowest BCUT2D eigenvalue weighted by atomic mass is 10.2. The molecule has 6 heteroatoms. The molecule has 0 fully saturated rings. The first kappa shape index (κ1) is 16.5. The van der Waals surface area contributed by atoms with E-state index in [9.17, 15) is 9.18 Å². The number of aryl methyl sites for hydroxylation is 1. The molecule has 0 atom stereocenters. The van der Waals surface area contributed by atoms with Crippen molar-refractivity contribution in [2.75, 3.05) is 4.90 Å². The third-order valence-corrected chi connectivity index (χ3v) is 5.11. The first-order valence-electron chi connectivity index (χ1n) is 8.08. The highest BCUT2D eigenvalue weighted by Crippen LogP contribution is 2.32. The van der Waals surface area contributed by atoms with E-state index in [0.717, 1.165) is 15.8 Å². The number of thiazole rings is 1. The van der Waals surface area contributed by atoms with Gasteiger partial charge in [-0.3, -0.25) is 9.69 Å². The van der Waals surface area contributed by atoms with Gasteiger partial charge in [-0.15, -0.1) is 0 Å². The molecule has 4 nitrogen and oxygen atoms in total. The average Bonchev–Trinajstić information content (AvgIpc) is 3.30. The number of nitrogens with zero attached hydrogens (tertiary/aromatic N) is 2. The van der Waals surface area contributed by atoms with Crippen molar-refractivity contribution in [1.82, 2.24) is 4.98 Å². The van der Waals surface area contributed by atoms with Gasteiger partial charge in [0.2, 0.25) is 0 Å². The Morgan fingerprint density at radius 3 is 2.65 bits per heavy atom. The fourth-order valence-corrected chi connectivity index (χ4v) is 3.76. The van der Waals surface area contributed by atoms with Crippen molar-refractivity contribution in [3.63, 3.8) is 0 Å². The van der Waals surface area contributed by atoms with E-state index in [1.54, 1.807) is 17.2 Å². The number of hydrogen-bond acceptors (Lipinski definition) is 4. The maximum atomic E-state index is 13.2. The second-order valence-corrected chi connectivity index (χ2v) is 6.90. The van der Waals surface area contributed by atoms with Gasteiger partial charge in [-0.05, 0) is 55.0 Å². The summed E-state index contributed by atoms with van der Waals surface area (Å²) in [6.07, 6.45) is 1.57. The smallest absolute Gasteiger partial charge is 0.260 e. The highest BCUT2D eigenvalue weighted by Gasteiger charge is 2.23. The Bertz CT molecular complexity index is 1060. The normalized spacial score (nSPS) is 11.0. The Balaban J connectivity index is 1.77. The summed E-state index contributed by atoms with van der Waals surface area (Å²) in [6.45, 7) is 2.24. The van der Waals surface area contributed by atoms with E-state index in [2.05, 4.69) is 4.98 Å². The van der Waals surface area contributed by atoms with Crippen molar-refractivity contribution in [3.8, 4) is 0 Å². The molecule has 1 amide bonds. The molecule has 0 spiro atoms. The third kappa shape index (κ3) is 3.11. The van der Waals surface area contributed by atoms with Crippen molar-refractivity contribution < 1.29 is 13.6 Å². The van der Waals surface area contributed by atoms with Crippen molar-refractivity contribution in [1.29, 1.82) is 0 Å². The maximum Gasteiger partial charge on any atom is 0.260 e. The summed E-state index contributed by atoms with van der Waals surface area (Å²) < 4.78 is 19.6. The van der Waals surface area contributed by atoms with Crippen LogP contribution in [0.2, 0.25) is 0 Å². The van der Waals surface area contributed by atoms with E-state index < -0.39 is 0 Å². The minimum atomic E-state index is -0.380. The number of amides is 1. The lowest BCUT2D eigenvalue weighted by Crippen LogP contribution is -2.30. The molecule has 0 aliphatic rings. The Hall–Kier alpha value is -2.99. The average molecular weight is 366 g/mol. The number of carbonyl (C=O) groups excluding carboxylic acids is 1. The van der Waals surface area contributed by atoms with Crippen LogP contribution in [0.5, 0.6) is 0 Å². The number of fused-ring (bicyclic) bond motifs is 1. The Morgan fingerprint density at radius 1 is 1.15 bits per heavy atom. The Labute approximate surface area is 153 Å². The molecule has 4 aromatic rings. The zero-order valence-electron chi connectivity index (χ0n) is 14.0. The molecular formula is C20H15FN2O2S. The summed E-state index contributed by atoms with van der Waals surface area (Å²) in [5.41, 5.74) is 2.33. The van der Waals surface area contributed by atoms with Crippen LogP contribution in [0.1, 0.15) is 21.7 Å². The van der Waals surface area contributed by atoms with Gasteiger partial charge >= 0.3 is 0 Å². The first-order chi connectivity index (χ1) is 12.6. The van der Waals surface area contributed by atoms with Crippen molar-refractivity contribution in [2.45, 2.75) is 13.5 Å². The van der Waals surface area contributed by atoms with E-state index >= 15 is 0 Å². The number of carbonyl (C=O) groups is 1. The highest BCUT2D eigenvalue weighted by atomic mass is 32.1. The van der Waals surface area contributed by atoms with Crippen LogP contribution in [0.25, 0.3) is 10.2 Å². The van der Waals surface area contributed by atoms with Crippen LogP contribution in [-0.2, 0) is 6.54 Å². The predicted molar refractivity (Wildman–Crippen MR) is 100.0 cm³/mol. The highest BCUT2D eigenvalue weighted by molar-refractivity contribution is 7.22. The number of rotatable bonds is 4. The molecule has 0 aliphatic heterocycles. The predicted octanol–water partition coefficient (Wildman–Crippen LogP) is 5.18. The zero-order chi connectivity index (χ0) is 18.1. The van der Waals surface area contributed by atoms with Gasteiger partial charge in [0.1, 0.15) is 11.6 Å². The Morgan fingerprint density at radius 2 is 1.96 bits per heavy atom. The van der Waals surface area contributed by atoms with Gasteiger partial charge in [0, 0.05) is 5.56 Å². The quantitative estimate of drug-likeness (QED) is 0.500. The molecule has 130 valence electrons. The molecule has 0 bridgehead atoms. The minimum Gasteiger partial charge on any atom is -0.467 e. The molecule has 0 radical (unpaired) electrons. The summed E-state index contributed by atoms with van der Waals surface area (Å²) in [6, 6.07) is 15.0. The molecule has 0 unspecified atom stereocenters. The van der Waals surface area contributed by atoms with Gasteiger partial charge in [0.25, 0.3) is 5.91 Å². The fraction of sp³-hybridized carbons (Fsp3) is 0.100. The number of halogens is 1. The first-order valence-corrected chi connectivity index (χ1v) is 8.89. The molecule has 2 heterocycles. The molecule has 0 aliphatic carbocycles. The van der Waals surface area contributed by atoms with Crippen LogP contribution in [0.15, 0.2) is 65.3 Å². The summed E-state index contributed by atoms with van der Waals surface area (Å²) in [7, 11) is 0. The van der Waals surface area contributed by atoms with E-state index in [1.807, 2.05) is 31.2 Å². The number of benzene rings is 2. The van der Waals surface area contributed by atoms with E-state index in [0.29, 0.717) is 16.5 Å². The molecule has 0 saturated carbocycles. The van der Waals surface area contributed by atoms with Crippen LogP contribution in [0.3, 0.4) is 0 Å². The van der Waals surface area contributed by atoms with Crippen LogP contribution >= 0.6 is 11.3 Å². The number of para-hydroxylation sites is 1. The summed E-state index contributed by atoms with van der Waals surface area (Å²) in [5, 5.41) is 0.583. The molecule has 2 aromatic heterocycles. The van der Waals surface area contributed by atoms with Gasteiger partial charge in [-0.2, -0.15) is 0 Å². The van der Waals surface area contributed by atoms with Gasteiger partial charge < -0.3 is 4.42 Å². The van der Waals surface area contributed by atoms with Crippen molar-refractivity contribution in [3.05, 3.63) is 83.6 Å². The second kappa shape index (κ2) is 6.72. The van der Waals surface area contributed by atoms with Gasteiger partial charge in [-0.1, -0.05) is 23.5 Å². The molecule has 26 heavy (non-hydrogen) atoms. The summed E-state index contributed by atoms with van der Waals surface area (Å²) in [4.78, 5) is 19.3. The number of aromatic nitrogens is 1. The van der Waals surface area contributed by atoms with Crippen LogP contribution in [-0.4, -0.2) is 10.9 Å². The largest absolute Gasteiger partial charge is 0.467 e. The Kier molecular flexibility index (Phi) is 4.26. The summed E-state index contributed by atoms with van der Waals surface area (Å²) in [5.74, 6) is 0.0179. The molecule has 4 rings (SSSR count). The van der Waals surface area contributed by atoms with E-state index in [-0.39, 0.29) is 18.3 Å². The van der Waals surface area contributed by atoms with Crippen LogP contribution in [0, 0.1) is 12.7 Å². The minimum absolute atomic E-state index is 0.252. The lowest BCUT2D eigenvalue weighted by Gasteiger charge is -2.18. The second-order valence-electron chi connectivity index (χ2n) is 5.90. The van der Waals surface area contributed by atoms with Crippen molar-refractivity contribution >= 4 is 32.6 Å². The topological polar surface area (TPSA) is 46.3 Å². The molecule has 2 aromatic carbocycles. The van der Waals surface area contributed by atoms with Crippen LogP contribution in [0.4, 0.5) is 9.52 Å². The third-order valence-electron chi connectivity index (χ3n) is 4.07. The lowest BCUT2D eigenvalue weighted by molar-refractivity contribution is 0.0983. The van der Waals surface area contributed by atoms with Gasteiger partial charge in [0.15, 0.2) is 5.13 Å². The van der Waals surface area contributed by atoms with E-state index in [4.69, 9.17) is 4.42 Å². The molecular weight excluding hydrogens is 351 g/mol. The number of anilines is 1. The number of furan rings is 1. The van der Waals surface area contributed by atoms with Crippen molar-refractivity contribution in [2.24, 2.45) is 0 Å². The SMILES string of the molecule is Cc1cccc2sc(N(Cc3ccco3)C(=O)c3ccc(F)cc3)nc12. The van der Waals surface area contributed by atoms with E-state index in [1.165, 1.54) is 35.6 Å². The summed E-state index contributed by atoms with van der Waals surface area (Å²) >= 11 is 1.45. The number of hydrogen-bond donors (Lipinski definition) is 0. The molecule has 0 saturated heterocycles. The van der Waals surface area contributed by atoms with Crippen LogP contribution < -0.4 is 4.90 Å². The van der Waals surface area contributed by atoms with Gasteiger partial charge in [0.05, 0.1) is 23.0 Å². The standard InChI is InChI=1S/C20H15FN2O2S/c1-13-4-2-6-17-18(13)22-20(26-17)23(12-16-5-3-11-25-16)19(24)14-7-9-15(21)10-8-14/h2-11H,12H2,1H3. The fourth-order valence-electron chi connectivity index (χ4n) is 2.72. The molecule has 0 N–H and O–H groups in total. The monoisotopic (exact) mass is 366 g/mol. The maximum absolute atomic E-state index is 13.2. The van der Waals surface area contributed by atoms with Gasteiger partial charge in [-0.25, -0.2) is 9.37 Å².